The van der Waals surface area contributed by atoms with Gasteiger partial charge in [0.15, 0.2) is 0 Å². The fraction of sp³-hybridized carbons (Fsp3) is 0. The van der Waals surface area contributed by atoms with Gasteiger partial charge in [-0.15, -0.1) is 0 Å². The van der Waals surface area contributed by atoms with E-state index in [2.05, 4.69) is 20.5 Å². The van der Waals surface area contributed by atoms with Gasteiger partial charge in [0.25, 0.3) is 5.91 Å². The normalized spacial score (nSPS) is 10.5. The van der Waals surface area contributed by atoms with Crippen LogP contribution in [0.4, 0.5) is 5.82 Å². The number of fused-ring (bicyclic) bond motifs is 1. The number of anilines is 1. The van der Waals surface area contributed by atoms with Crippen molar-refractivity contribution < 1.29 is 9.90 Å². The van der Waals surface area contributed by atoms with Gasteiger partial charge in [-0.2, -0.15) is 5.10 Å². The van der Waals surface area contributed by atoms with Crippen molar-refractivity contribution in [3.8, 4) is 5.75 Å². The molecule has 0 spiro atoms. The number of carbonyl (C=O) groups excluding carboxylic acids is 1. The summed E-state index contributed by atoms with van der Waals surface area (Å²) in [4.78, 5) is 15.9. The summed E-state index contributed by atoms with van der Waals surface area (Å²) in [5, 5.41) is 19.4. The van der Waals surface area contributed by atoms with Crippen LogP contribution in [-0.2, 0) is 0 Å². The van der Waals surface area contributed by atoms with E-state index in [1.165, 1.54) is 18.3 Å². The Morgan fingerprint density at radius 1 is 1.21 bits per heavy atom. The number of benzene rings is 1. The van der Waals surface area contributed by atoms with Crippen LogP contribution in [0.5, 0.6) is 5.75 Å². The van der Waals surface area contributed by atoms with Crippen molar-refractivity contribution in [3.63, 3.8) is 0 Å². The Hall–Kier alpha value is -2.89. The fourth-order valence-corrected chi connectivity index (χ4v) is 1.73. The van der Waals surface area contributed by atoms with E-state index < -0.39 is 0 Å². The molecule has 2 aromatic heterocycles. The molecule has 2 heterocycles. The van der Waals surface area contributed by atoms with Crippen molar-refractivity contribution in [1.29, 1.82) is 0 Å². The number of amides is 1. The third-order valence-electron chi connectivity index (χ3n) is 2.69. The molecule has 1 amide bonds. The van der Waals surface area contributed by atoms with E-state index in [9.17, 15) is 4.79 Å². The zero-order valence-corrected chi connectivity index (χ0v) is 9.79. The molecule has 0 fully saturated rings. The molecular weight excluding hydrogens is 244 g/mol. The molecule has 94 valence electrons. The number of H-pyrrole nitrogens is 1. The summed E-state index contributed by atoms with van der Waals surface area (Å²) >= 11 is 0. The van der Waals surface area contributed by atoms with Gasteiger partial charge in [0.2, 0.25) is 0 Å². The molecule has 0 radical (unpaired) electrons. The number of hydrogen-bond donors (Lipinski definition) is 3. The average Bonchev–Trinajstić information content (AvgIpc) is 2.88. The molecule has 0 bridgehead atoms. The minimum absolute atomic E-state index is 0.0535. The molecule has 3 rings (SSSR count). The maximum Gasteiger partial charge on any atom is 0.256 e. The van der Waals surface area contributed by atoms with Gasteiger partial charge < -0.3 is 10.4 Å². The van der Waals surface area contributed by atoms with Crippen LogP contribution >= 0.6 is 0 Å². The topological polar surface area (TPSA) is 90.9 Å². The highest BCUT2D eigenvalue weighted by Crippen LogP contribution is 2.15. The summed E-state index contributed by atoms with van der Waals surface area (Å²) in [6.45, 7) is 0. The Bertz CT molecular complexity index is 734. The standard InChI is InChI=1S/C13H10N4O2/c18-10-2-4-12(14-7-10)16-13(19)8-1-3-11-9(5-8)6-15-17-11/h1-7,18H,(H,15,17)(H,14,16,19). The molecule has 6 heteroatoms. The van der Waals surface area contributed by atoms with Gasteiger partial charge in [-0.1, -0.05) is 0 Å². The Labute approximate surface area is 108 Å². The van der Waals surface area contributed by atoms with E-state index in [0.717, 1.165) is 10.9 Å². The lowest BCUT2D eigenvalue weighted by Crippen LogP contribution is -2.12. The maximum atomic E-state index is 12.0. The van der Waals surface area contributed by atoms with Gasteiger partial charge >= 0.3 is 0 Å². The first-order valence-electron chi connectivity index (χ1n) is 5.62. The van der Waals surface area contributed by atoms with Crippen molar-refractivity contribution in [2.24, 2.45) is 0 Å². The number of hydrogen-bond acceptors (Lipinski definition) is 4. The number of aromatic amines is 1. The summed E-state index contributed by atoms with van der Waals surface area (Å²) in [5.41, 5.74) is 1.39. The second-order valence-electron chi connectivity index (χ2n) is 4.03. The third kappa shape index (κ3) is 2.23. The Morgan fingerprint density at radius 3 is 2.89 bits per heavy atom. The molecule has 0 aliphatic carbocycles. The average molecular weight is 254 g/mol. The Balaban J connectivity index is 1.84. The molecule has 3 aromatic rings. The van der Waals surface area contributed by atoms with Gasteiger partial charge in [-0.3, -0.25) is 9.89 Å². The van der Waals surface area contributed by atoms with Crippen LogP contribution in [0.15, 0.2) is 42.7 Å². The van der Waals surface area contributed by atoms with Crippen molar-refractivity contribution in [2.75, 3.05) is 5.32 Å². The lowest BCUT2D eigenvalue weighted by molar-refractivity contribution is 0.102. The first-order valence-corrected chi connectivity index (χ1v) is 5.62. The molecule has 19 heavy (non-hydrogen) atoms. The number of nitrogens with zero attached hydrogens (tertiary/aromatic N) is 2. The van der Waals surface area contributed by atoms with Gasteiger partial charge in [0, 0.05) is 10.9 Å². The number of carbonyl (C=O) groups is 1. The number of pyridine rings is 1. The minimum Gasteiger partial charge on any atom is -0.506 e. The highest BCUT2D eigenvalue weighted by atomic mass is 16.3. The predicted molar refractivity (Wildman–Crippen MR) is 69.9 cm³/mol. The second kappa shape index (κ2) is 4.41. The number of aromatic hydroxyl groups is 1. The summed E-state index contributed by atoms with van der Waals surface area (Å²) in [6.07, 6.45) is 2.93. The predicted octanol–water partition coefficient (Wildman–Crippen LogP) is 1.92. The van der Waals surface area contributed by atoms with E-state index in [1.54, 1.807) is 24.4 Å². The van der Waals surface area contributed by atoms with Crippen LogP contribution in [0.1, 0.15) is 10.4 Å². The van der Waals surface area contributed by atoms with Crippen LogP contribution in [-0.4, -0.2) is 26.2 Å². The van der Waals surface area contributed by atoms with Crippen molar-refractivity contribution in [2.45, 2.75) is 0 Å². The lowest BCUT2D eigenvalue weighted by Gasteiger charge is -2.04. The Kier molecular flexibility index (Phi) is 2.60. The van der Waals surface area contributed by atoms with Crippen LogP contribution in [0, 0.1) is 0 Å². The largest absolute Gasteiger partial charge is 0.506 e. The minimum atomic E-state index is -0.263. The van der Waals surface area contributed by atoms with Crippen LogP contribution in [0.2, 0.25) is 0 Å². The highest BCUT2D eigenvalue weighted by molar-refractivity contribution is 6.05. The van der Waals surface area contributed by atoms with E-state index in [0.29, 0.717) is 11.4 Å². The van der Waals surface area contributed by atoms with Crippen molar-refractivity contribution in [3.05, 3.63) is 48.3 Å². The quantitative estimate of drug-likeness (QED) is 0.651. The maximum absolute atomic E-state index is 12.0. The molecule has 0 unspecified atom stereocenters. The van der Waals surface area contributed by atoms with Crippen molar-refractivity contribution >= 4 is 22.6 Å². The summed E-state index contributed by atoms with van der Waals surface area (Å²) < 4.78 is 0. The monoisotopic (exact) mass is 254 g/mol. The smallest absolute Gasteiger partial charge is 0.256 e. The Morgan fingerprint density at radius 2 is 2.11 bits per heavy atom. The van der Waals surface area contributed by atoms with E-state index >= 15 is 0 Å². The molecular formula is C13H10N4O2. The second-order valence-corrected chi connectivity index (χ2v) is 4.03. The number of rotatable bonds is 2. The molecule has 0 saturated carbocycles. The SMILES string of the molecule is O=C(Nc1ccc(O)cn1)c1ccc2[nH]ncc2c1. The van der Waals surface area contributed by atoms with Gasteiger partial charge in [0.1, 0.15) is 11.6 Å². The first-order chi connectivity index (χ1) is 9.22. The molecule has 1 aromatic carbocycles. The number of aromatic nitrogens is 3. The van der Waals surface area contributed by atoms with Crippen LogP contribution in [0.3, 0.4) is 0 Å². The molecule has 6 nitrogen and oxygen atoms in total. The summed E-state index contributed by atoms with van der Waals surface area (Å²) in [5.74, 6) is 0.175. The molecule has 3 N–H and O–H groups in total. The fourth-order valence-electron chi connectivity index (χ4n) is 1.73. The van der Waals surface area contributed by atoms with Gasteiger partial charge in [0.05, 0.1) is 17.9 Å². The van der Waals surface area contributed by atoms with Gasteiger partial charge in [-0.05, 0) is 30.3 Å². The summed E-state index contributed by atoms with van der Waals surface area (Å²) in [7, 11) is 0. The van der Waals surface area contributed by atoms with E-state index in [4.69, 9.17) is 5.11 Å². The first kappa shape index (κ1) is 11.2. The van der Waals surface area contributed by atoms with Crippen LogP contribution < -0.4 is 5.32 Å². The molecule has 0 atom stereocenters. The van der Waals surface area contributed by atoms with E-state index in [-0.39, 0.29) is 11.7 Å². The number of nitrogens with one attached hydrogen (secondary N) is 2. The van der Waals surface area contributed by atoms with E-state index in [1.807, 2.05) is 0 Å². The van der Waals surface area contributed by atoms with Gasteiger partial charge in [-0.25, -0.2) is 4.98 Å². The summed E-state index contributed by atoms with van der Waals surface area (Å²) in [6, 6.07) is 8.23. The zero-order chi connectivity index (χ0) is 13.2. The molecule has 0 aliphatic rings. The van der Waals surface area contributed by atoms with Crippen molar-refractivity contribution in [1.82, 2.24) is 15.2 Å². The highest BCUT2D eigenvalue weighted by Gasteiger charge is 2.08. The zero-order valence-electron chi connectivity index (χ0n) is 9.79. The molecule has 0 aliphatic heterocycles. The lowest BCUT2D eigenvalue weighted by atomic mass is 10.1. The third-order valence-corrected chi connectivity index (χ3v) is 2.69. The molecule has 0 saturated heterocycles. The van der Waals surface area contributed by atoms with Crippen LogP contribution in [0.25, 0.3) is 10.9 Å².